The van der Waals surface area contributed by atoms with Gasteiger partial charge < -0.3 is 20.1 Å². The van der Waals surface area contributed by atoms with Crippen LogP contribution < -0.4 is 5.32 Å². The van der Waals surface area contributed by atoms with Crippen molar-refractivity contribution in [2.45, 2.75) is 0 Å². The third-order valence-electron chi connectivity index (χ3n) is 4.55. The van der Waals surface area contributed by atoms with Crippen molar-refractivity contribution in [2.75, 3.05) is 31.6 Å². The number of rotatable bonds is 3. The number of fused-ring (bicyclic) bond motifs is 1. The lowest BCUT2D eigenvalue weighted by atomic mass is 10.0. The molecule has 1 aliphatic carbocycles. The average molecular weight is 350 g/mol. The Balaban J connectivity index is 1.75. The smallest absolute Gasteiger partial charge is 0.258 e. The Morgan fingerprint density at radius 3 is 2.50 bits per heavy atom. The van der Waals surface area contributed by atoms with Crippen molar-refractivity contribution < 1.29 is 19.4 Å². The van der Waals surface area contributed by atoms with E-state index in [9.17, 15) is 14.7 Å². The molecule has 0 aromatic heterocycles. The zero-order valence-electron chi connectivity index (χ0n) is 14.1. The minimum absolute atomic E-state index is 0.0630. The topological polar surface area (TPSA) is 78.9 Å². The van der Waals surface area contributed by atoms with Crippen LogP contribution in [0.25, 0.3) is 5.57 Å². The molecule has 4 rings (SSSR count). The fraction of sp³-hybridized carbons (Fsp3) is 0.200. The first-order valence-electron chi connectivity index (χ1n) is 8.46. The molecule has 2 aromatic carbocycles. The molecule has 2 aliphatic rings. The van der Waals surface area contributed by atoms with Crippen molar-refractivity contribution in [3.63, 3.8) is 0 Å². The Morgan fingerprint density at radius 2 is 1.77 bits per heavy atom. The summed E-state index contributed by atoms with van der Waals surface area (Å²) in [5, 5.41) is 12.4. The molecule has 0 unspecified atom stereocenters. The zero-order chi connectivity index (χ0) is 18.1. The number of ether oxygens (including phenoxy) is 1. The molecule has 0 bridgehead atoms. The van der Waals surface area contributed by atoms with Gasteiger partial charge in [-0.3, -0.25) is 9.59 Å². The predicted octanol–water partition coefficient (Wildman–Crippen LogP) is 2.27. The van der Waals surface area contributed by atoms with Crippen molar-refractivity contribution in [1.29, 1.82) is 0 Å². The molecule has 0 atom stereocenters. The Morgan fingerprint density at radius 1 is 1.04 bits per heavy atom. The third-order valence-corrected chi connectivity index (χ3v) is 4.55. The molecule has 6 nitrogen and oxygen atoms in total. The largest absolute Gasteiger partial charge is 0.508 e. The second-order valence-electron chi connectivity index (χ2n) is 6.20. The number of nitrogens with zero attached hydrogens (tertiary/aromatic N) is 1. The maximum atomic E-state index is 13.0. The van der Waals surface area contributed by atoms with Crippen molar-refractivity contribution >= 4 is 23.0 Å². The molecule has 6 heteroatoms. The van der Waals surface area contributed by atoms with Gasteiger partial charge in [0.05, 0.1) is 24.5 Å². The number of nitrogens with one attached hydrogen (secondary N) is 1. The van der Waals surface area contributed by atoms with E-state index in [4.69, 9.17) is 4.74 Å². The normalized spacial score (nSPS) is 16.6. The first kappa shape index (κ1) is 16.4. The van der Waals surface area contributed by atoms with Gasteiger partial charge >= 0.3 is 0 Å². The Labute approximate surface area is 150 Å². The van der Waals surface area contributed by atoms with Crippen molar-refractivity contribution in [1.82, 2.24) is 4.90 Å². The molecule has 2 N–H and O–H groups in total. The molecular formula is C20H18N2O4. The Kier molecular flexibility index (Phi) is 4.18. The molecule has 0 saturated carbocycles. The highest BCUT2D eigenvalue weighted by Crippen LogP contribution is 2.35. The number of Topliss-reactive ketones (excluding diaryl/α,β-unsaturated/α-hetero) is 1. The number of allylic oxidation sites excluding steroid dienone is 1. The van der Waals surface area contributed by atoms with E-state index in [1.807, 2.05) is 11.0 Å². The van der Waals surface area contributed by atoms with E-state index in [1.54, 1.807) is 30.3 Å². The van der Waals surface area contributed by atoms with Crippen molar-refractivity contribution in [2.24, 2.45) is 0 Å². The standard InChI is InChI=1S/C20H18N2O4/c23-14-5-3-4-13(12-14)21-20(25)17-15-6-1-2-7-16(15)19(24)18(17)22-8-10-26-11-9-22/h1-7,12,23H,8-11H2,(H,21,25). The van der Waals surface area contributed by atoms with Gasteiger partial charge in [0.2, 0.25) is 5.78 Å². The first-order valence-corrected chi connectivity index (χ1v) is 8.46. The number of carbonyl (C=O) groups excluding carboxylic acids is 2. The second kappa shape index (κ2) is 6.65. The molecule has 132 valence electrons. The molecule has 1 aliphatic heterocycles. The van der Waals surface area contributed by atoms with Gasteiger partial charge in [0.15, 0.2) is 0 Å². The summed E-state index contributed by atoms with van der Waals surface area (Å²) in [6.45, 7) is 2.18. The number of amides is 1. The van der Waals surface area contributed by atoms with Crippen LogP contribution in [-0.2, 0) is 9.53 Å². The van der Waals surface area contributed by atoms with E-state index in [2.05, 4.69) is 5.32 Å². The molecule has 1 amide bonds. The highest BCUT2D eigenvalue weighted by Gasteiger charge is 2.36. The van der Waals surface area contributed by atoms with Gasteiger partial charge in [-0.05, 0) is 12.1 Å². The van der Waals surface area contributed by atoms with Crippen LogP contribution in [0.3, 0.4) is 0 Å². The lowest BCUT2D eigenvalue weighted by Gasteiger charge is -2.29. The fourth-order valence-electron chi connectivity index (χ4n) is 3.36. The third kappa shape index (κ3) is 2.84. The van der Waals surface area contributed by atoms with Gasteiger partial charge in [0, 0.05) is 36.0 Å². The van der Waals surface area contributed by atoms with Gasteiger partial charge in [0.1, 0.15) is 5.75 Å². The zero-order valence-corrected chi connectivity index (χ0v) is 14.1. The predicted molar refractivity (Wildman–Crippen MR) is 96.8 cm³/mol. The SMILES string of the molecule is O=C(Nc1cccc(O)c1)C1=C(N2CCOCC2)C(=O)c2ccccc21. The van der Waals surface area contributed by atoms with Crippen LogP contribution >= 0.6 is 0 Å². The number of ketones is 1. The van der Waals surface area contributed by atoms with Crippen LogP contribution in [0.4, 0.5) is 5.69 Å². The van der Waals surface area contributed by atoms with E-state index in [1.165, 1.54) is 12.1 Å². The number of hydrogen-bond acceptors (Lipinski definition) is 5. The van der Waals surface area contributed by atoms with E-state index in [0.717, 1.165) is 0 Å². The van der Waals surface area contributed by atoms with Crippen molar-refractivity contribution in [3.05, 3.63) is 65.4 Å². The second-order valence-corrected chi connectivity index (χ2v) is 6.20. The number of aromatic hydroxyl groups is 1. The van der Waals surface area contributed by atoms with Gasteiger partial charge in [0.25, 0.3) is 5.91 Å². The molecule has 1 fully saturated rings. The van der Waals surface area contributed by atoms with Crippen LogP contribution in [0.2, 0.25) is 0 Å². The molecule has 0 radical (unpaired) electrons. The molecule has 2 aromatic rings. The first-order chi connectivity index (χ1) is 12.6. The van der Waals surface area contributed by atoms with Gasteiger partial charge in [-0.15, -0.1) is 0 Å². The van der Waals surface area contributed by atoms with Crippen LogP contribution in [0.15, 0.2) is 54.2 Å². The monoisotopic (exact) mass is 350 g/mol. The van der Waals surface area contributed by atoms with Gasteiger partial charge in [-0.2, -0.15) is 0 Å². The Hall–Kier alpha value is -3.12. The number of benzene rings is 2. The molecule has 26 heavy (non-hydrogen) atoms. The molecule has 0 spiro atoms. The lowest BCUT2D eigenvalue weighted by molar-refractivity contribution is -0.111. The van der Waals surface area contributed by atoms with E-state index in [0.29, 0.717) is 54.4 Å². The summed E-state index contributed by atoms with van der Waals surface area (Å²) in [5.41, 5.74) is 2.44. The summed E-state index contributed by atoms with van der Waals surface area (Å²) >= 11 is 0. The van der Waals surface area contributed by atoms with Crippen LogP contribution in [0, 0.1) is 0 Å². The molecule has 1 saturated heterocycles. The quantitative estimate of drug-likeness (QED) is 0.888. The number of hydrogen-bond donors (Lipinski definition) is 2. The highest BCUT2D eigenvalue weighted by atomic mass is 16.5. The number of phenols is 1. The van der Waals surface area contributed by atoms with E-state index >= 15 is 0 Å². The number of morpholine rings is 1. The molecule has 1 heterocycles. The van der Waals surface area contributed by atoms with Crippen molar-refractivity contribution in [3.8, 4) is 5.75 Å². The highest BCUT2D eigenvalue weighted by molar-refractivity contribution is 6.37. The number of anilines is 1. The maximum Gasteiger partial charge on any atom is 0.258 e. The van der Waals surface area contributed by atoms with Gasteiger partial charge in [-0.1, -0.05) is 30.3 Å². The minimum atomic E-state index is -0.365. The summed E-state index contributed by atoms with van der Waals surface area (Å²) < 4.78 is 5.37. The summed E-state index contributed by atoms with van der Waals surface area (Å²) in [4.78, 5) is 27.9. The molecular weight excluding hydrogens is 332 g/mol. The maximum absolute atomic E-state index is 13.0. The minimum Gasteiger partial charge on any atom is -0.508 e. The van der Waals surface area contributed by atoms with Crippen LogP contribution in [0.1, 0.15) is 15.9 Å². The lowest BCUT2D eigenvalue weighted by Crippen LogP contribution is -2.38. The van der Waals surface area contributed by atoms with Crippen LogP contribution in [-0.4, -0.2) is 48.0 Å². The Bertz CT molecular complexity index is 914. The van der Waals surface area contributed by atoms with E-state index in [-0.39, 0.29) is 17.4 Å². The van der Waals surface area contributed by atoms with E-state index < -0.39 is 0 Å². The summed E-state index contributed by atoms with van der Waals surface area (Å²) in [7, 11) is 0. The summed E-state index contributed by atoms with van der Waals surface area (Å²) in [5.74, 6) is -0.438. The average Bonchev–Trinajstić information content (AvgIpc) is 2.95. The van der Waals surface area contributed by atoms with Crippen LogP contribution in [0.5, 0.6) is 5.75 Å². The summed E-state index contributed by atoms with van der Waals surface area (Å²) in [6.07, 6.45) is 0. The fourth-order valence-corrected chi connectivity index (χ4v) is 3.36. The number of carbonyl (C=O) groups is 2. The number of phenolic OH excluding ortho intramolecular Hbond substituents is 1. The summed E-state index contributed by atoms with van der Waals surface area (Å²) in [6, 6.07) is 13.5. The van der Waals surface area contributed by atoms with Gasteiger partial charge in [-0.25, -0.2) is 0 Å².